The summed E-state index contributed by atoms with van der Waals surface area (Å²) in [7, 11) is 1.00. The summed E-state index contributed by atoms with van der Waals surface area (Å²) in [5, 5.41) is 21.7. The van der Waals surface area contributed by atoms with E-state index in [1.54, 1.807) is 6.07 Å². The molecule has 2 aromatic rings. The summed E-state index contributed by atoms with van der Waals surface area (Å²) in [4.78, 5) is 40.5. The molecule has 1 amide bonds. The Morgan fingerprint density at radius 1 is 1.03 bits per heavy atom. The SMILES string of the molecule is CO.O=C(O)C1CC=C(c2nn(C(=O)c3c(Cl)cccc3C3CC3)c3c2CCC(C(=O)N2CCC2)C3)CC1. The van der Waals surface area contributed by atoms with Crippen LogP contribution in [0.4, 0.5) is 0 Å². The fraction of sp³-hybridized carbons (Fsp3) is 0.517. The predicted molar refractivity (Wildman–Crippen MR) is 143 cm³/mol. The standard InChI is InChI=1S/C28H30ClN3O4.CH4O/c29-22-4-1-3-20(16-5-6-16)24(22)27(34)32-23-15-19(26(33)31-13-2-14-31)11-12-21(23)25(30-32)17-7-9-18(10-8-17)28(35)36;1-2/h1,3-4,7,16,18-19H,2,5-6,8-15H2,(H,35,36);2H,1H3. The van der Waals surface area contributed by atoms with Crippen molar-refractivity contribution in [2.45, 2.75) is 63.7 Å². The van der Waals surface area contributed by atoms with Crippen molar-refractivity contribution < 1.29 is 24.6 Å². The summed E-state index contributed by atoms with van der Waals surface area (Å²) in [6.07, 6.45) is 8.66. The van der Waals surface area contributed by atoms with Gasteiger partial charge in [-0.1, -0.05) is 29.8 Å². The van der Waals surface area contributed by atoms with E-state index in [9.17, 15) is 19.5 Å². The zero-order valence-corrected chi connectivity index (χ0v) is 22.4. The van der Waals surface area contributed by atoms with Gasteiger partial charge in [-0.2, -0.15) is 9.78 Å². The third-order valence-corrected chi connectivity index (χ3v) is 8.64. The lowest BCUT2D eigenvalue weighted by Gasteiger charge is -2.35. The van der Waals surface area contributed by atoms with Crippen LogP contribution in [0.5, 0.6) is 0 Å². The minimum atomic E-state index is -0.772. The number of aliphatic hydroxyl groups excluding tert-OH is 1. The molecule has 9 heteroatoms. The fourth-order valence-electron chi connectivity index (χ4n) is 5.92. The normalized spacial score (nSPS) is 22.4. The van der Waals surface area contributed by atoms with Gasteiger partial charge in [-0.15, -0.1) is 0 Å². The quantitative estimate of drug-likeness (QED) is 0.585. The molecule has 2 N–H and O–H groups in total. The molecule has 0 bridgehead atoms. The van der Waals surface area contributed by atoms with E-state index in [0.717, 1.165) is 74.0 Å². The molecule has 6 rings (SSSR count). The number of allylic oxidation sites excluding steroid dienone is 2. The molecule has 8 nitrogen and oxygen atoms in total. The first-order chi connectivity index (χ1) is 18.4. The molecule has 0 radical (unpaired) electrons. The van der Waals surface area contributed by atoms with Gasteiger partial charge in [0, 0.05) is 38.1 Å². The predicted octanol–water partition coefficient (Wildman–Crippen LogP) is 4.32. The Bertz CT molecular complexity index is 1290. The lowest BCUT2D eigenvalue weighted by Crippen LogP contribution is -2.46. The summed E-state index contributed by atoms with van der Waals surface area (Å²) in [6, 6.07) is 5.63. The van der Waals surface area contributed by atoms with E-state index >= 15 is 0 Å². The van der Waals surface area contributed by atoms with E-state index in [-0.39, 0.29) is 23.7 Å². The van der Waals surface area contributed by atoms with Gasteiger partial charge >= 0.3 is 5.97 Å². The van der Waals surface area contributed by atoms with Gasteiger partial charge in [0.15, 0.2) is 0 Å². The van der Waals surface area contributed by atoms with Crippen LogP contribution in [0.1, 0.15) is 83.7 Å². The van der Waals surface area contributed by atoms with Crippen LogP contribution in [0.2, 0.25) is 5.02 Å². The highest BCUT2D eigenvalue weighted by Gasteiger charge is 2.38. The zero-order chi connectivity index (χ0) is 27.0. The van der Waals surface area contributed by atoms with Crippen LogP contribution in [0, 0.1) is 11.8 Å². The van der Waals surface area contributed by atoms with Crippen LogP contribution >= 0.6 is 11.6 Å². The van der Waals surface area contributed by atoms with E-state index < -0.39 is 5.97 Å². The number of aliphatic carboxylic acids is 1. The highest BCUT2D eigenvalue weighted by Crippen LogP contribution is 2.44. The number of carboxylic acid groups (broad SMARTS) is 1. The average molecular weight is 540 g/mol. The maximum absolute atomic E-state index is 14.0. The van der Waals surface area contributed by atoms with Crippen molar-refractivity contribution >= 4 is 35.0 Å². The van der Waals surface area contributed by atoms with Crippen molar-refractivity contribution in [3.63, 3.8) is 0 Å². The van der Waals surface area contributed by atoms with Crippen LogP contribution in [0.25, 0.3) is 5.57 Å². The van der Waals surface area contributed by atoms with Gasteiger partial charge in [-0.25, -0.2) is 0 Å². The second-order valence-corrected chi connectivity index (χ2v) is 11.0. The molecule has 1 aromatic carbocycles. The Morgan fingerprint density at radius 3 is 2.37 bits per heavy atom. The Kier molecular flexibility index (Phi) is 7.73. The number of aromatic nitrogens is 2. The average Bonchev–Trinajstić information content (AvgIpc) is 3.68. The number of fused-ring (bicyclic) bond motifs is 1. The van der Waals surface area contributed by atoms with E-state index in [0.29, 0.717) is 48.6 Å². The molecule has 1 saturated carbocycles. The number of hydrogen-bond acceptors (Lipinski definition) is 5. The molecule has 1 saturated heterocycles. The molecule has 1 aromatic heterocycles. The Balaban J connectivity index is 0.00000144. The van der Waals surface area contributed by atoms with E-state index in [2.05, 4.69) is 0 Å². The van der Waals surface area contributed by atoms with E-state index in [4.69, 9.17) is 21.8 Å². The lowest BCUT2D eigenvalue weighted by atomic mass is 9.82. The lowest BCUT2D eigenvalue weighted by molar-refractivity contribution is -0.142. The van der Waals surface area contributed by atoms with E-state index in [1.165, 1.54) is 4.68 Å². The minimum Gasteiger partial charge on any atom is -0.481 e. The molecular formula is C29H34ClN3O5. The van der Waals surface area contributed by atoms with Gasteiger partial charge in [0.25, 0.3) is 5.91 Å². The van der Waals surface area contributed by atoms with Crippen molar-refractivity contribution in [3.05, 3.63) is 57.4 Å². The molecule has 4 aliphatic rings. The van der Waals surface area contributed by atoms with Gasteiger partial charge in [0.05, 0.1) is 27.9 Å². The highest BCUT2D eigenvalue weighted by atomic mass is 35.5. The maximum atomic E-state index is 14.0. The number of rotatable bonds is 5. The maximum Gasteiger partial charge on any atom is 0.306 e. The summed E-state index contributed by atoms with van der Waals surface area (Å²) in [5.41, 5.74) is 5.11. The van der Waals surface area contributed by atoms with Gasteiger partial charge in [0.2, 0.25) is 5.91 Å². The zero-order valence-electron chi connectivity index (χ0n) is 21.7. The van der Waals surface area contributed by atoms with Gasteiger partial charge < -0.3 is 15.1 Å². The largest absolute Gasteiger partial charge is 0.481 e. The molecule has 38 heavy (non-hydrogen) atoms. The summed E-state index contributed by atoms with van der Waals surface area (Å²) >= 11 is 6.59. The van der Waals surface area contributed by atoms with Crippen molar-refractivity contribution in [2.24, 2.45) is 11.8 Å². The summed E-state index contributed by atoms with van der Waals surface area (Å²) in [5.74, 6) is -1.01. The summed E-state index contributed by atoms with van der Waals surface area (Å²) < 4.78 is 1.51. The monoisotopic (exact) mass is 539 g/mol. The Hall–Kier alpha value is -2.97. The van der Waals surface area contributed by atoms with Gasteiger partial charge in [0.1, 0.15) is 0 Å². The molecule has 3 aliphatic carbocycles. The van der Waals surface area contributed by atoms with Crippen LogP contribution in [-0.4, -0.2) is 62.9 Å². The van der Waals surface area contributed by atoms with Crippen LogP contribution in [0.3, 0.4) is 0 Å². The fourth-order valence-corrected chi connectivity index (χ4v) is 6.19. The van der Waals surface area contributed by atoms with Crippen LogP contribution in [-0.2, 0) is 22.4 Å². The second-order valence-electron chi connectivity index (χ2n) is 10.6. The number of halogens is 1. The first-order valence-corrected chi connectivity index (χ1v) is 13.9. The summed E-state index contributed by atoms with van der Waals surface area (Å²) in [6.45, 7) is 1.63. The van der Waals surface area contributed by atoms with Crippen molar-refractivity contribution in [1.82, 2.24) is 14.7 Å². The van der Waals surface area contributed by atoms with Crippen LogP contribution < -0.4 is 0 Å². The number of benzene rings is 1. The second kappa shape index (κ2) is 11.0. The number of carbonyl (C=O) groups excluding carboxylic acids is 2. The van der Waals surface area contributed by atoms with Crippen molar-refractivity contribution in [1.29, 1.82) is 0 Å². The first-order valence-electron chi connectivity index (χ1n) is 13.5. The third kappa shape index (κ3) is 4.92. The van der Waals surface area contributed by atoms with Crippen molar-refractivity contribution in [2.75, 3.05) is 20.2 Å². The first kappa shape index (κ1) is 26.6. The molecule has 2 atom stereocenters. The number of aliphatic hydroxyl groups is 1. The third-order valence-electron chi connectivity index (χ3n) is 8.32. The number of carbonyl (C=O) groups is 3. The molecule has 2 fully saturated rings. The smallest absolute Gasteiger partial charge is 0.306 e. The minimum absolute atomic E-state index is 0.153. The Labute approximate surface area is 227 Å². The van der Waals surface area contributed by atoms with Crippen LogP contribution in [0.15, 0.2) is 24.3 Å². The number of amides is 1. The molecule has 2 unspecified atom stereocenters. The van der Waals surface area contributed by atoms with Gasteiger partial charge in [-0.3, -0.25) is 14.4 Å². The molecule has 0 spiro atoms. The van der Waals surface area contributed by atoms with E-state index in [1.807, 2.05) is 23.1 Å². The van der Waals surface area contributed by atoms with Crippen molar-refractivity contribution in [3.8, 4) is 0 Å². The number of nitrogens with zero attached hydrogens (tertiary/aromatic N) is 3. The Morgan fingerprint density at radius 2 is 1.76 bits per heavy atom. The van der Waals surface area contributed by atoms with Gasteiger partial charge in [-0.05, 0) is 74.5 Å². The topological polar surface area (TPSA) is 113 Å². The molecular weight excluding hydrogens is 506 g/mol. The number of carboxylic acids is 1. The number of hydrogen-bond donors (Lipinski definition) is 2. The number of likely N-dealkylation sites (tertiary alicyclic amines) is 1. The molecule has 202 valence electrons. The molecule has 1 aliphatic heterocycles. The highest BCUT2D eigenvalue weighted by molar-refractivity contribution is 6.34. The molecule has 2 heterocycles.